The van der Waals surface area contributed by atoms with E-state index in [1.807, 2.05) is 30.3 Å². The van der Waals surface area contributed by atoms with Crippen LogP contribution in [0.3, 0.4) is 0 Å². The van der Waals surface area contributed by atoms with Crippen LogP contribution in [0.5, 0.6) is 23.0 Å². The number of methoxy groups -OCH3 is 1. The first-order valence-corrected chi connectivity index (χ1v) is 12.0. The number of carbonyl (C=O) groups is 2. The van der Waals surface area contributed by atoms with E-state index in [2.05, 4.69) is 0 Å². The molecule has 4 aromatic rings. The number of para-hydroxylation sites is 1. The Morgan fingerprint density at radius 2 is 1.53 bits per heavy atom. The first-order chi connectivity index (χ1) is 18.4. The number of Topliss-reactive ketones (excluding diaryl/α,β-unsaturated/α-hetero) is 1. The van der Waals surface area contributed by atoms with E-state index >= 15 is 0 Å². The van der Waals surface area contributed by atoms with E-state index in [9.17, 15) is 19.8 Å². The molecule has 1 unspecified atom stereocenters. The molecule has 1 aliphatic heterocycles. The van der Waals surface area contributed by atoms with Crippen molar-refractivity contribution in [3.63, 3.8) is 0 Å². The lowest BCUT2D eigenvalue weighted by molar-refractivity contribution is -0.132. The summed E-state index contributed by atoms with van der Waals surface area (Å²) >= 11 is 6.17. The molecule has 1 saturated heterocycles. The Bertz CT molecular complexity index is 1530. The standard InChI is InChI=1S/C30H22ClNO6/c1-37-25-16-9-19(31)17-24(25)28(34)26-27(18-7-12-21(33)13-8-18)32(30(36)29(26)35)20-10-14-23(15-11-20)38-22-5-3-2-4-6-22/h2-17,27,33-34H,1H3/b28-26+. The maximum absolute atomic E-state index is 13.4. The van der Waals surface area contributed by atoms with Crippen LogP contribution in [-0.4, -0.2) is 29.0 Å². The summed E-state index contributed by atoms with van der Waals surface area (Å²) in [5.74, 6) is -0.613. The van der Waals surface area contributed by atoms with E-state index < -0.39 is 23.5 Å². The van der Waals surface area contributed by atoms with Crippen LogP contribution >= 0.6 is 11.6 Å². The number of ether oxygens (including phenoxy) is 2. The molecule has 8 heteroatoms. The van der Waals surface area contributed by atoms with Crippen LogP contribution in [-0.2, 0) is 9.59 Å². The highest BCUT2D eigenvalue weighted by Gasteiger charge is 2.47. The number of halogens is 1. The van der Waals surface area contributed by atoms with Gasteiger partial charge in [-0.25, -0.2) is 0 Å². The van der Waals surface area contributed by atoms with Gasteiger partial charge < -0.3 is 19.7 Å². The van der Waals surface area contributed by atoms with Crippen molar-refractivity contribution in [3.8, 4) is 23.0 Å². The topological polar surface area (TPSA) is 96.3 Å². The molecule has 190 valence electrons. The number of nitrogens with zero attached hydrogens (tertiary/aromatic N) is 1. The second kappa shape index (κ2) is 10.3. The van der Waals surface area contributed by atoms with Gasteiger partial charge in [-0.2, -0.15) is 0 Å². The molecule has 2 N–H and O–H groups in total. The first kappa shape index (κ1) is 24.9. The number of anilines is 1. The molecule has 0 spiro atoms. The van der Waals surface area contributed by atoms with E-state index in [1.54, 1.807) is 48.5 Å². The smallest absolute Gasteiger partial charge is 0.300 e. The Labute approximate surface area is 223 Å². The first-order valence-electron chi connectivity index (χ1n) is 11.6. The molecule has 4 aromatic carbocycles. The third kappa shape index (κ3) is 4.67. The van der Waals surface area contributed by atoms with E-state index in [-0.39, 0.29) is 22.6 Å². The lowest BCUT2D eigenvalue weighted by atomic mass is 9.94. The van der Waals surface area contributed by atoms with Gasteiger partial charge in [0.25, 0.3) is 11.7 Å². The fourth-order valence-corrected chi connectivity index (χ4v) is 4.55. The van der Waals surface area contributed by atoms with Crippen molar-refractivity contribution in [1.82, 2.24) is 0 Å². The van der Waals surface area contributed by atoms with Gasteiger partial charge in [0.1, 0.15) is 28.8 Å². The fourth-order valence-electron chi connectivity index (χ4n) is 4.38. The van der Waals surface area contributed by atoms with Gasteiger partial charge >= 0.3 is 0 Å². The number of aliphatic hydroxyl groups is 1. The fraction of sp³-hybridized carbons (Fsp3) is 0.0667. The van der Waals surface area contributed by atoms with Crippen molar-refractivity contribution < 1.29 is 29.3 Å². The van der Waals surface area contributed by atoms with Gasteiger partial charge in [-0.15, -0.1) is 0 Å². The molecular weight excluding hydrogens is 506 g/mol. The Kier molecular flexibility index (Phi) is 6.77. The van der Waals surface area contributed by atoms with E-state index in [4.69, 9.17) is 21.1 Å². The van der Waals surface area contributed by atoms with Crippen LogP contribution < -0.4 is 14.4 Å². The number of rotatable bonds is 6. The third-order valence-electron chi connectivity index (χ3n) is 6.16. The lowest BCUT2D eigenvalue weighted by Gasteiger charge is -2.25. The van der Waals surface area contributed by atoms with E-state index in [0.29, 0.717) is 27.8 Å². The van der Waals surface area contributed by atoms with Crippen LogP contribution in [0, 0.1) is 0 Å². The van der Waals surface area contributed by atoms with Crippen molar-refractivity contribution in [2.24, 2.45) is 0 Å². The van der Waals surface area contributed by atoms with E-state index in [1.165, 1.54) is 30.2 Å². The zero-order valence-corrected chi connectivity index (χ0v) is 20.9. The molecule has 0 saturated carbocycles. The normalized spacial score (nSPS) is 16.5. The van der Waals surface area contributed by atoms with Crippen LogP contribution in [0.25, 0.3) is 5.76 Å². The molecule has 5 rings (SSSR count). The summed E-state index contributed by atoms with van der Waals surface area (Å²) in [6, 6.07) is 25.7. The highest BCUT2D eigenvalue weighted by Crippen LogP contribution is 2.44. The summed E-state index contributed by atoms with van der Waals surface area (Å²) in [4.78, 5) is 28.1. The largest absolute Gasteiger partial charge is 0.508 e. The van der Waals surface area contributed by atoms with Gasteiger partial charge in [0.05, 0.1) is 24.3 Å². The number of hydrogen-bond donors (Lipinski definition) is 2. The minimum atomic E-state index is -0.986. The molecule has 1 aliphatic rings. The van der Waals surface area contributed by atoms with Gasteiger partial charge in [0.15, 0.2) is 0 Å². The van der Waals surface area contributed by atoms with Crippen LogP contribution in [0.1, 0.15) is 17.2 Å². The second-order valence-corrected chi connectivity index (χ2v) is 8.95. The molecule has 7 nitrogen and oxygen atoms in total. The molecule has 1 fully saturated rings. The molecular formula is C30H22ClNO6. The van der Waals surface area contributed by atoms with Crippen LogP contribution in [0.15, 0.2) is 103 Å². The summed E-state index contributed by atoms with van der Waals surface area (Å²) < 4.78 is 11.2. The highest BCUT2D eigenvalue weighted by molar-refractivity contribution is 6.51. The maximum Gasteiger partial charge on any atom is 0.300 e. The zero-order valence-electron chi connectivity index (χ0n) is 20.2. The Morgan fingerprint density at radius 3 is 2.18 bits per heavy atom. The maximum atomic E-state index is 13.4. The number of carbonyl (C=O) groups excluding carboxylic acids is 2. The lowest BCUT2D eigenvalue weighted by Crippen LogP contribution is -2.29. The summed E-state index contributed by atoms with van der Waals surface area (Å²) in [6.45, 7) is 0. The van der Waals surface area contributed by atoms with Gasteiger partial charge in [-0.3, -0.25) is 14.5 Å². The number of ketones is 1. The molecule has 1 heterocycles. The second-order valence-electron chi connectivity index (χ2n) is 8.51. The van der Waals surface area contributed by atoms with Crippen molar-refractivity contribution in [1.29, 1.82) is 0 Å². The number of amides is 1. The van der Waals surface area contributed by atoms with Crippen LogP contribution in [0.2, 0.25) is 5.02 Å². The van der Waals surface area contributed by atoms with Gasteiger partial charge in [0.2, 0.25) is 0 Å². The monoisotopic (exact) mass is 527 g/mol. The molecule has 0 bridgehead atoms. The molecule has 1 atom stereocenters. The molecule has 1 amide bonds. The van der Waals surface area contributed by atoms with Crippen molar-refractivity contribution in [2.75, 3.05) is 12.0 Å². The zero-order chi connectivity index (χ0) is 26.8. The number of aliphatic hydroxyl groups excluding tert-OH is 1. The SMILES string of the molecule is COc1ccc(Cl)cc1/C(O)=C1\C(=O)C(=O)N(c2ccc(Oc3ccccc3)cc2)C1c1ccc(O)cc1. The predicted molar refractivity (Wildman–Crippen MR) is 144 cm³/mol. The number of hydrogen-bond acceptors (Lipinski definition) is 6. The van der Waals surface area contributed by atoms with Crippen molar-refractivity contribution >= 4 is 34.7 Å². The van der Waals surface area contributed by atoms with Crippen molar-refractivity contribution in [2.45, 2.75) is 6.04 Å². The average molecular weight is 528 g/mol. The third-order valence-corrected chi connectivity index (χ3v) is 6.40. The molecule has 38 heavy (non-hydrogen) atoms. The van der Waals surface area contributed by atoms with Crippen LogP contribution in [0.4, 0.5) is 5.69 Å². The van der Waals surface area contributed by atoms with Crippen molar-refractivity contribution in [3.05, 3.63) is 119 Å². The number of phenolic OH excluding ortho intramolecular Hbond substituents is 1. The Balaban J connectivity index is 1.62. The minimum Gasteiger partial charge on any atom is -0.508 e. The molecule has 0 aromatic heterocycles. The Hall–Kier alpha value is -4.75. The quantitative estimate of drug-likeness (QED) is 0.169. The minimum absolute atomic E-state index is 0.0182. The summed E-state index contributed by atoms with van der Waals surface area (Å²) in [7, 11) is 1.43. The summed E-state index contributed by atoms with van der Waals surface area (Å²) in [5, 5.41) is 21.5. The van der Waals surface area contributed by atoms with Gasteiger partial charge in [0, 0.05) is 10.7 Å². The number of aromatic hydroxyl groups is 1. The predicted octanol–water partition coefficient (Wildman–Crippen LogP) is 6.47. The van der Waals surface area contributed by atoms with Gasteiger partial charge in [-0.05, 0) is 72.3 Å². The summed E-state index contributed by atoms with van der Waals surface area (Å²) in [5.41, 5.74) is 0.969. The summed E-state index contributed by atoms with van der Waals surface area (Å²) in [6.07, 6.45) is 0. The van der Waals surface area contributed by atoms with E-state index in [0.717, 1.165) is 0 Å². The average Bonchev–Trinajstić information content (AvgIpc) is 3.20. The Morgan fingerprint density at radius 1 is 0.868 bits per heavy atom. The van der Waals surface area contributed by atoms with Gasteiger partial charge in [-0.1, -0.05) is 41.9 Å². The molecule has 0 radical (unpaired) electrons. The number of phenols is 1. The number of benzene rings is 4. The highest BCUT2D eigenvalue weighted by atomic mass is 35.5. The molecule has 0 aliphatic carbocycles.